The zero-order chi connectivity index (χ0) is 15.9. The number of aliphatic hydroxyl groups is 1. The third-order valence-electron chi connectivity index (χ3n) is 4.57. The topological polar surface area (TPSA) is 35.9 Å². The predicted octanol–water partition coefficient (Wildman–Crippen LogP) is 2.07. The van der Waals surface area contributed by atoms with Gasteiger partial charge < -0.3 is 9.84 Å². The third-order valence-corrected chi connectivity index (χ3v) is 5.51. The van der Waals surface area contributed by atoms with Crippen molar-refractivity contribution in [3.63, 3.8) is 0 Å². The lowest BCUT2D eigenvalue weighted by atomic mass is 10.2. The Morgan fingerprint density at radius 3 is 2.57 bits per heavy atom. The largest absolute Gasteiger partial charge is 0.491 e. The van der Waals surface area contributed by atoms with Gasteiger partial charge in [-0.25, -0.2) is 0 Å². The van der Waals surface area contributed by atoms with Gasteiger partial charge in [-0.2, -0.15) is 11.8 Å². The van der Waals surface area contributed by atoms with E-state index in [1.165, 1.54) is 43.0 Å². The smallest absolute Gasteiger partial charge is 0.123 e. The molecule has 4 nitrogen and oxygen atoms in total. The second-order valence-electron chi connectivity index (χ2n) is 6.47. The van der Waals surface area contributed by atoms with Crippen LogP contribution in [0.5, 0.6) is 5.75 Å². The van der Waals surface area contributed by atoms with Gasteiger partial charge in [0.15, 0.2) is 0 Å². The fourth-order valence-corrected chi connectivity index (χ4v) is 4.26. The molecule has 2 heterocycles. The Bertz CT molecular complexity index is 474. The number of para-hydroxylation sites is 1. The van der Waals surface area contributed by atoms with Crippen LogP contribution >= 0.6 is 11.8 Å². The molecule has 0 amide bonds. The molecule has 128 valence electrons. The number of hydrogen-bond acceptors (Lipinski definition) is 5. The molecule has 0 radical (unpaired) electrons. The summed E-state index contributed by atoms with van der Waals surface area (Å²) in [7, 11) is 0. The molecule has 0 unspecified atom stereocenters. The number of thioether (sulfide) groups is 1. The highest BCUT2D eigenvalue weighted by Crippen LogP contribution is 2.22. The molecule has 0 saturated carbocycles. The van der Waals surface area contributed by atoms with Crippen molar-refractivity contribution < 1.29 is 9.84 Å². The minimum atomic E-state index is -0.419. The van der Waals surface area contributed by atoms with Gasteiger partial charge >= 0.3 is 0 Å². The molecule has 1 aromatic carbocycles. The van der Waals surface area contributed by atoms with Crippen LogP contribution in [-0.2, 0) is 6.54 Å². The molecule has 1 aromatic rings. The summed E-state index contributed by atoms with van der Waals surface area (Å²) in [4.78, 5) is 4.81. The summed E-state index contributed by atoms with van der Waals surface area (Å²) in [5, 5.41) is 10.3. The monoisotopic (exact) mass is 336 g/mol. The first-order valence-corrected chi connectivity index (χ1v) is 9.88. The van der Waals surface area contributed by atoms with E-state index in [0.29, 0.717) is 6.61 Å². The van der Waals surface area contributed by atoms with Crippen LogP contribution in [0.3, 0.4) is 0 Å². The maximum atomic E-state index is 10.3. The van der Waals surface area contributed by atoms with Crippen LogP contribution in [0.15, 0.2) is 24.3 Å². The fourth-order valence-electron chi connectivity index (χ4n) is 3.28. The number of ether oxygens (including phenoxy) is 1. The second-order valence-corrected chi connectivity index (χ2v) is 7.69. The van der Waals surface area contributed by atoms with Crippen molar-refractivity contribution in [2.45, 2.75) is 25.5 Å². The molecular formula is C18H28N2O2S. The fraction of sp³-hybridized carbons (Fsp3) is 0.667. The highest BCUT2D eigenvalue weighted by molar-refractivity contribution is 7.99. The molecule has 23 heavy (non-hydrogen) atoms. The highest BCUT2D eigenvalue weighted by atomic mass is 32.2. The maximum Gasteiger partial charge on any atom is 0.123 e. The standard InChI is InChI=1S/C18H28N2O2S/c21-17(14-20-9-11-23-12-10-20)15-22-18-6-2-1-5-16(18)13-19-7-3-4-8-19/h1-2,5-6,17,21H,3-4,7-15H2/t17-/m1/s1. The maximum absolute atomic E-state index is 10.3. The summed E-state index contributed by atoms with van der Waals surface area (Å²) in [5.41, 5.74) is 1.23. The number of β-amino-alcohol motifs (C(OH)–C–C–N with tert-alkyl or cyclic N) is 1. The van der Waals surface area contributed by atoms with Crippen molar-refractivity contribution in [1.82, 2.24) is 9.80 Å². The minimum absolute atomic E-state index is 0.376. The normalized spacial score (nSPS) is 21.4. The van der Waals surface area contributed by atoms with Crippen molar-refractivity contribution in [1.29, 1.82) is 0 Å². The molecule has 1 N–H and O–H groups in total. The molecule has 2 fully saturated rings. The van der Waals surface area contributed by atoms with E-state index in [2.05, 4.69) is 21.9 Å². The Labute approximate surface area is 143 Å². The van der Waals surface area contributed by atoms with Gasteiger partial charge in [0.05, 0.1) is 0 Å². The van der Waals surface area contributed by atoms with Crippen LogP contribution in [0.25, 0.3) is 0 Å². The lowest BCUT2D eigenvalue weighted by Gasteiger charge is -2.28. The summed E-state index contributed by atoms with van der Waals surface area (Å²) < 4.78 is 5.94. The number of aliphatic hydroxyl groups excluding tert-OH is 1. The van der Waals surface area contributed by atoms with Gasteiger partial charge in [-0.3, -0.25) is 9.80 Å². The Hall–Kier alpha value is -0.750. The Morgan fingerprint density at radius 1 is 1.04 bits per heavy atom. The molecular weight excluding hydrogens is 308 g/mol. The van der Waals surface area contributed by atoms with Gasteiger partial charge in [-0.1, -0.05) is 18.2 Å². The average Bonchev–Trinajstić information content (AvgIpc) is 3.08. The Kier molecular flexibility index (Phi) is 6.63. The summed E-state index contributed by atoms with van der Waals surface area (Å²) >= 11 is 1.99. The van der Waals surface area contributed by atoms with Gasteiger partial charge in [0, 0.05) is 43.2 Å². The van der Waals surface area contributed by atoms with E-state index < -0.39 is 6.10 Å². The summed E-state index contributed by atoms with van der Waals surface area (Å²) in [6.07, 6.45) is 2.18. The van der Waals surface area contributed by atoms with Crippen molar-refractivity contribution in [2.75, 3.05) is 50.8 Å². The van der Waals surface area contributed by atoms with Crippen molar-refractivity contribution in [3.8, 4) is 5.75 Å². The number of hydrogen-bond donors (Lipinski definition) is 1. The number of benzene rings is 1. The first-order valence-electron chi connectivity index (χ1n) is 8.72. The van der Waals surface area contributed by atoms with E-state index in [4.69, 9.17) is 4.74 Å². The molecule has 2 aliphatic heterocycles. The molecule has 0 aliphatic carbocycles. The molecule has 2 aliphatic rings. The summed E-state index contributed by atoms with van der Waals surface area (Å²) in [6.45, 7) is 6.57. The highest BCUT2D eigenvalue weighted by Gasteiger charge is 2.17. The Balaban J connectivity index is 1.48. The SMILES string of the molecule is O[C@@H](COc1ccccc1CN1CCCC1)CN1CCSCC1. The number of nitrogens with zero attached hydrogens (tertiary/aromatic N) is 2. The Morgan fingerprint density at radius 2 is 1.78 bits per heavy atom. The van der Waals surface area contributed by atoms with Crippen LogP contribution in [0, 0.1) is 0 Å². The van der Waals surface area contributed by atoms with Crippen molar-refractivity contribution in [3.05, 3.63) is 29.8 Å². The predicted molar refractivity (Wildman–Crippen MR) is 96.2 cm³/mol. The van der Waals surface area contributed by atoms with E-state index in [0.717, 1.165) is 31.9 Å². The van der Waals surface area contributed by atoms with Crippen LogP contribution in [-0.4, -0.2) is 71.8 Å². The second kappa shape index (κ2) is 8.92. The van der Waals surface area contributed by atoms with Crippen LogP contribution < -0.4 is 4.74 Å². The van der Waals surface area contributed by atoms with Gasteiger partial charge in [-0.15, -0.1) is 0 Å². The molecule has 1 atom stereocenters. The zero-order valence-corrected chi connectivity index (χ0v) is 14.6. The van der Waals surface area contributed by atoms with Gasteiger partial charge in [0.2, 0.25) is 0 Å². The quantitative estimate of drug-likeness (QED) is 0.825. The van der Waals surface area contributed by atoms with Crippen molar-refractivity contribution in [2.24, 2.45) is 0 Å². The lowest BCUT2D eigenvalue weighted by Crippen LogP contribution is -2.40. The lowest BCUT2D eigenvalue weighted by molar-refractivity contribution is 0.0709. The minimum Gasteiger partial charge on any atom is -0.491 e. The molecule has 3 rings (SSSR count). The summed E-state index contributed by atoms with van der Waals surface area (Å²) in [6, 6.07) is 8.24. The molecule has 0 spiro atoms. The molecule has 2 saturated heterocycles. The van der Waals surface area contributed by atoms with E-state index in [9.17, 15) is 5.11 Å². The van der Waals surface area contributed by atoms with Crippen molar-refractivity contribution >= 4 is 11.8 Å². The molecule has 0 bridgehead atoms. The van der Waals surface area contributed by atoms with E-state index in [1.54, 1.807) is 0 Å². The molecule has 0 aromatic heterocycles. The third kappa shape index (κ3) is 5.38. The number of likely N-dealkylation sites (tertiary alicyclic amines) is 1. The number of rotatable bonds is 7. The van der Waals surface area contributed by atoms with E-state index in [-0.39, 0.29) is 0 Å². The molecule has 5 heteroatoms. The first-order chi connectivity index (χ1) is 11.3. The van der Waals surface area contributed by atoms with Gasteiger partial charge in [-0.05, 0) is 32.0 Å². The summed E-state index contributed by atoms with van der Waals surface area (Å²) in [5.74, 6) is 3.27. The van der Waals surface area contributed by atoms with Gasteiger partial charge in [0.25, 0.3) is 0 Å². The van der Waals surface area contributed by atoms with Crippen LogP contribution in [0.2, 0.25) is 0 Å². The van der Waals surface area contributed by atoms with Gasteiger partial charge in [0.1, 0.15) is 18.5 Å². The van der Waals surface area contributed by atoms with E-state index >= 15 is 0 Å². The van der Waals surface area contributed by atoms with Crippen LogP contribution in [0.1, 0.15) is 18.4 Å². The zero-order valence-electron chi connectivity index (χ0n) is 13.8. The van der Waals surface area contributed by atoms with E-state index in [1.807, 2.05) is 23.9 Å². The van der Waals surface area contributed by atoms with Crippen LogP contribution in [0.4, 0.5) is 0 Å². The average molecular weight is 337 g/mol. The first kappa shape index (κ1) is 17.1.